The molecule has 0 heterocycles. The number of benzene rings is 1. The molecular formula is C22H46Si4. The van der Waals surface area contributed by atoms with E-state index in [-0.39, 0.29) is 0 Å². The summed E-state index contributed by atoms with van der Waals surface area (Å²) in [6.45, 7) is 30.3. The van der Waals surface area contributed by atoms with Crippen LogP contribution in [0.3, 0.4) is 0 Å². The number of rotatable bonds is 8. The summed E-state index contributed by atoms with van der Waals surface area (Å²) in [5, 5.41) is 0. The van der Waals surface area contributed by atoms with Gasteiger partial charge in [-0.1, -0.05) is 90.7 Å². The highest BCUT2D eigenvalue weighted by Gasteiger charge is 2.25. The molecule has 0 bridgehead atoms. The normalized spacial score (nSPS) is 14.0. The molecule has 0 aliphatic rings. The molecule has 1 rings (SSSR count). The molecule has 0 amide bonds. The van der Waals surface area contributed by atoms with Crippen LogP contribution < -0.4 is 0 Å². The van der Waals surface area contributed by atoms with Crippen molar-refractivity contribution >= 4 is 32.3 Å². The van der Waals surface area contributed by atoms with Gasteiger partial charge in [-0.2, -0.15) is 0 Å². The molecular weight excluding hydrogens is 377 g/mol. The lowest BCUT2D eigenvalue weighted by molar-refractivity contribution is 1.11. The Labute approximate surface area is 169 Å². The summed E-state index contributed by atoms with van der Waals surface area (Å²) >= 11 is 0. The fraction of sp³-hybridized carbons (Fsp3) is 0.727. The average molecular weight is 423 g/mol. The van der Waals surface area contributed by atoms with Gasteiger partial charge in [0.2, 0.25) is 0 Å². The molecule has 0 aliphatic heterocycles. The molecule has 0 aliphatic carbocycles. The highest BCUT2D eigenvalue weighted by atomic mass is 28.3. The van der Waals surface area contributed by atoms with Crippen LogP contribution in [0.2, 0.25) is 78.6 Å². The lowest BCUT2D eigenvalue weighted by Crippen LogP contribution is -2.31. The van der Waals surface area contributed by atoms with E-state index in [0.717, 1.165) is 0 Å². The molecule has 0 atom stereocenters. The van der Waals surface area contributed by atoms with Gasteiger partial charge in [0, 0.05) is 32.3 Å². The van der Waals surface area contributed by atoms with Crippen molar-refractivity contribution in [2.75, 3.05) is 0 Å². The van der Waals surface area contributed by atoms with Gasteiger partial charge in [-0.05, 0) is 46.4 Å². The maximum atomic E-state index is 2.68. The van der Waals surface area contributed by atoms with E-state index in [1.165, 1.54) is 24.2 Å². The van der Waals surface area contributed by atoms with Gasteiger partial charge in [0.05, 0.1) is 0 Å². The molecule has 0 aromatic heterocycles. The number of hydrogen-bond acceptors (Lipinski definition) is 0. The largest absolute Gasteiger partial charge is 0.0693 e. The molecule has 26 heavy (non-hydrogen) atoms. The molecule has 0 unspecified atom stereocenters. The average Bonchev–Trinajstić information content (AvgIpc) is 2.26. The van der Waals surface area contributed by atoms with E-state index in [4.69, 9.17) is 0 Å². The van der Waals surface area contributed by atoms with Crippen molar-refractivity contribution in [2.45, 2.75) is 103 Å². The minimum atomic E-state index is -1.12. The van der Waals surface area contributed by atoms with E-state index in [1.807, 2.05) is 0 Å². The molecule has 0 nitrogen and oxygen atoms in total. The smallest absolute Gasteiger partial charge is 0.0487 e. The van der Waals surface area contributed by atoms with E-state index in [1.54, 1.807) is 22.3 Å². The van der Waals surface area contributed by atoms with Crippen LogP contribution >= 0.6 is 0 Å². The predicted octanol–water partition coefficient (Wildman–Crippen LogP) is 7.37. The lowest BCUT2D eigenvalue weighted by Gasteiger charge is -2.28. The van der Waals surface area contributed by atoms with Gasteiger partial charge in [0.25, 0.3) is 0 Å². The topological polar surface area (TPSA) is 0 Å². The zero-order valence-electron chi connectivity index (χ0n) is 20.0. The van der Waals surface area contributed by atoms with E-state index >= 15 is 0 Å². The summed E-state index contributed by atoms with van der Waals surface area (Å²) in [4.78, 5) is 0. The Balaban J connectivity index is 3.53. The Kier molecular flexibility index (Phi) is 7.63. The maximum absolute atomic E-state index is 2.68. The molecule has 0 saturated heterocycles. The molecule has 150 valence electrons. The SMILES string of the molecule is C[Si](C)(C)Cc1cc(C[Si](C)(C)C)c(C[Si](C)(C)C)cc1C[Si](C)(C)C. The van der Waals surface area contributed by atoms with Crippen LogP contribution in [0, 0.1) is 0 Å². The van der Waals surface area contributed by atoms with Crippen LogP contribution in [0.15, 0.2) is 12.1 Å². The summed E-state index contributed by atoms with van der Waals surface area (Å²) in [6.07, 6.45) is 0. The minimum absolute atomic E-state index is 1.12. The van der Waals surface area contributed by atoms with Gasteiger partial charge >= 0.3 is 0 Å². The van der Waals surface area contributed by atoms with Crippen LogP contribution in [-0.4, -0.2) is 32.3 Å². The van der Waals surface area contributed by atoms with Crippen LogP contribution in [0.5, 0.6) is 0 Å². The first kappa shape index (κ1) is 24.1. The zero-order valence-corrected chi connectivity index (χ0v) is 24.0. The van der Waals surface area contributed by atoms with Gasteiger partial charge in [-0.15, -0.1) is 0 Å². The molecule has 1 aromatic rings. The van der Waals surface area contributed by atoms with Crippen molar-refractivity contribution < 1.29 is 0 Å². The van der Waals surface area contributed by atoms with Crippen LogP contribution in [0.1, 0.15) is 22.3 Å². The third kappa shape index (κ3) is 9.86. The van der Waals surface area contributed by atoms with Gasteiger partial charge in [0.15, 0.2) is 0 Å². The lowest BCUT2D eigenvalue weighted by atomic mass is 10.0. The van der Waals surface area contributed by atoms with Gasteiger partial charge in [0.1, 0.15) is 0 Å². The quantitative estimate of drug-likeness (QED) is 0.384. The molecule has 0 radical (unpaired) electrons. The van der Waals surface area contributed by atoms with Gasteiger partial charge < -0.3 is 0 Å². The summed E-state index contributed by atoms with van der Waals surface area (Å²) < 4.78 is 0. The second-order valence-corrected chi connectivity index (χ2v) is 35.2. The predicted molar refractivity (Wildman–Crippen MR) is 135 cm³/mol. The second-order valence-electron chi connectivity index (χ2n) is 13.3. The van der Waals surface area contributed by atoms with Crippen molar-refractivity contribution in [1.82, 2.24) is 0 Å². The van der Waals surface area contributed by atoms with Gasteiger partial charge in [-0.3, -0.25) is 0 Å². The Hall–Kier alpha value is 0.0875. The maximum Gasteiger partial charge on any atom is 0.0487 e. The summed E-state index contributed by atoms with van der Waals surface area (Å²) in [5.74, 6) is 0. The Bertz CT molecular complexity index is 499. The van der Waals surface area contributed by atoms with Crippen molar-refractivity contribution in [3.63, 3.8) is 0 Å². The first-order valence-corrected chi connectivity index (χ1v) is 25.3. The fourth-order valence-electron chi connectivity index (χ4n) is 3.74. The highest BCUT2D eigenvalue weighted by Crippen LogP contribution is 2.28. The zero-order chi connectivity index (χ0) is 20.6. The van der Waals surface area contributed by atoms with E-state index in [0.29, 0.717) is 0 Å². The number of hydrogen-bond donors (Lipinski definition) is 0. The third-order valence-electron chi connectivity index (χ3n) is 4.40. The van der Waals surface area contributed by atoms with E-state index < -0.39 is 32.3 Å². The van der Waals surface area contributed by atoms with Crippen LogP contribution in [0.4, 0.5) is 0 Å². The molecule has 4 heteroatoms. The monoisotopic (exact) mass is 422 g/mol. The Morgan fingerprint density at radius 3 is 0.654 bits per heavy atom. The fourth-order valence-corrected chi connectivity index (χ4v) is 9.62. The Morgan fingerprint density at radius 2 is 0.538 bits per heavy atom. The van der Waals surface area contributed by atoms with E-state index in [2.05, 4.69) is 90.7 Å². The second kappa shape index (κ2) is 8.22. The van der Waals surface area contributed by atoms with Crippen molar-refractivity contribution in [3.8, 4) is 0 Å². The van der Waals surface area contributed by atoms with Crippen LogP contribution in [0.25, 0.3) is 0 Å². The van der Waals surface area contributed by atoms with Crippen LogP contribution in [-0.2, 0) is 24.2 Å². The van der Waals surface area contributed by atoms with Gasteiger partial charge in [-0.25, -0.2) is 0 Å². The summed E-state index contributed by atoms with van der Waals surface area (Å²) in [5.41, 5.74) is 6.83. The van der Waals surface area contributed by atoms with Crippen molar-refractivity contribution in [3.05, 3.63) is 34.4 Å². The molecule has 0 saturated carbocycles. The molecule has 0 spiro atoms. The minimum Gasteiger partial charge on any atom is -0.0693 e. The summed E-state index contributed by atoms with van der Waals surface area (Å²) in [7, 11) is -4.46. The molecule has 0 N–H and O–H groups in total. The molecule has 0 fully saturated rings. The molecule has 1 aromatic carbocycles. The third-order valence-corrected chi connectivity index (χ3v) is 10.2. The van der Waals surface area contributed by atoms with Crippen molar-refractivity contribution in [1.29, 1.82) is 0 Å². The standard InChI is InChI=1S/C22H46Si4/c1-23(2,3)15-19-13-21(17-25(7,8)9)22(18-26(10,11)12)14-20(19)16-24(4,5)6/h13-14H,15-18H2,1-12H3. The van der Waals surface area contributed by atoms with E-state index in [9.17, 15) is 0 Å². The summed E-state index contributed by atoms with van der Waals surface area (Å²) in [6, 6.07) is 10.7. The Morgan fingerprint density at radius 1 is 0.385 bits per heavy atom. The van der Waals surface area contributed by atoms with Crippen molar-refractivity contribution in [2.24, 2.45) is 0 Å². The highest BCUT2D eigenvalue weighted by molar-refractivity contribution is 6.77. The first-order valence-electron chi connectivity index (χ1n) is 10.5. The first-order chi connectivity index (χ1) is 11.3.